The number of nitrogens with zero attached hydrogens (tertiary/aromatic N) is 5. The first kappa shape index (κ1) is 21.0. The van der Waals surface area contributed by atoms with Gasteiger partial charge in [0.15, 0.2) is 0 Å². The lowest BCUT2D eigenvalue weighted by molar-refractivity contribution is -0.135. The lowest BCUT2D eigenvalue weighted by Crippen LogP contribution is -2.42. The Hall–Kier alpha value is -2.26. The molecule has 1 aromatic heterocycles. The van der Waals surface area contributed by atoms with Crippen molar-refractivity contribution in [3.05, 3.63) is 17.1 Å². The number of fused-ring (bicyclic) bond motifs is 1. The summed E-state index contributed by atoms with van der Waals surface area (Å²) in [5, 5.41) is 3.23. The van der Waals surface area contributed by atoms with Gasteiger partial charge in [0.1, 0.15) is 11.6 Å². The highest BCUT2D eigenvalue weighted by Crippen LogP contribution is 2.33. The number of likely N-dealkylation sites (tertiary alicyclic amines) is 1. The summed E-state index contributed by atoms with van der Waals surface area (Å²) >= 11 is 0. The number of hydrogen-bond acceptors (Lipinski definition) is 7. The molecule has 0 saturated carbocycles. The number of rotatable bonds is 5. The van der Waals surface area contributed by atoms with Gasteiger partial charge in [-0.3, -0.25) is 14.5 Å². The van der Waals surface area contributed by atoms with Gasteiger partial charge < -0.3 is 19.9 Å². The molecule has 2 fully saturated rings. The van der Waals surface area contributed by atoms with Gasteiger partial charge in [0.25, 0.3) is 0 Å². The van der Waals surface area contributed by atoms with E-state index in [1.165, 1.54) is 0 Å². The third-order valence-electron chi connectivity index (χ3n) is 6.40. The van der Waals surface area contributed by atoms with Gasteiger partial charge in [-0.2, -0.15) is 0 Å². The molecule has 164 valence electrons. The third-order valence-corrected chi connectivity index (χ3v) is 6.40. The minimum absolute atomic E-state index is 0.0796. The zero-order valence-electron chi connectivity index (χ0n) is 18.0. The standard InChI is InChI=1S/C21H32N6O3/c1-15(28)27-8-5-16-17(14-27)23-21(24-20(16)22-2)18-4-3-7-25(18)9-6-19(29)26-10-12-30-13-11-26/h18H,3-14H2,1-2H3,(H,22,23,24)/t18-/m0/s1. The van der Waals surface area contributed by atoms with E-state index in [2.05, 4.69) is 10.2 Å². The number of ether oxygens (including phenoxy) is 1. The van der Waals surface area contributed by atoms with Gasteiger partial charge in [-0.05, 0) is 25.8 Å². The van der Waals surface area contributed by atoms with E-state index in [0.717, 1.165) is 55.3 Å². The zero-order valence-corrected chi connectivity index (χ0v) is 18.0. The van der Waals surface area contributed by atoms with Gasteiger partial charge in [-0.15, -0.1) is 0 Å². The molecule has 1 N–H and O–H groups in total. The van der Waals surface area contributed by atoms with Crippen LogP contribution in [0.4, 0.5) is 5.82 Å². The number of hydrogen-bond donors (Lipinski definition) is 1. The van der Waals surface area contributed by atoms with Gasteiger partial charge in [0.05, 0.1) is 31.5 Å². The molecule has 3 aliphatic rings. The molecule has 2 saturated heterocycles. The number of nitrogens with one attached hydrogen (secondary N) is 1. The highest BCUT2D eigenvalue weighted by Gasteiger charge is 2.32. The number of aromatic nitrogens is 2. The van der Waals surface area contributed by atoms with E-state index in [9.17, 15) is 9.59 Å². The molecule has 30 heavy (non-hydrogen) atoms. The molecule has 0 radical (unpaired) electrons. The normalized spacial score (nSPS) is 22.1. The predicted octanol–water partition coefficient (Wildman–Crippen LogP) is 0.809. The maximum absolute atomic E-state index is 12.6. The summed E-state index contributed by atoms with van der Waals surface area (Å²) in [6.45, 7) is 7.16. The molecule has 3 aliphatic heterocycles. The van der Waals surface area contributed by atoms with Crippen LogP contribution in [0.15, 0.2) is 0 Å². The van der Waals surface area contributed by atoms with Crippen LogP contribution < -0.4 is 5.32 Å². The topological polar surface area (TPSA) is 90.9 Å². The van der Waals surface area contributed by atoms with Crippen molar-refractivity contribution in [2.45, 2.75) is 45.2 Å². The van der Waals surface area contributed by atoms with Crippen molar-refractivity contribution in [1.82, 2.24) is 24.7 Å². The number of carbonyl (C=O) groups is 2. The summed E-state index contributed by atoms with van der Waals surface area (Å²) in [6.07, 6.45) is 3.35. The van der Waals surface area contributed by atoms with Crippen LogP contribution in [0.5, 0.6) is 0 Å². The Morgan fingerprint density at radius 2 is 1.93 bits per heavy atom. The molecule has 0 bridgehead atoms. The van der Waals surface area contributed by atoms with Crippen molar-refractivity contribution in [3.8, 4) is 0 Å². The smallest absolute Gasteiger partial charge is 0.224 e. The molecular weight excluding hydrogens is 384 g/mol. The van der Waals surface area contributed by atoms with Crippen LogP contribution in [0.3, 0.4) is 0 Å². The Balaban J connectivity index is 1.47. The Morgan fingerprint density at radius 3 is 2.67 bits per heavy atom. The number of amides is 2. The van der Waals surface area contributed by atoms with E-state index in [-0.39, 0.29) is 17.9 Å². The number of anilines is 1. The highest BCUT2D eigenvalue weighted by molar-refractivity contribution is 5.76. The van der Waals surface area contributed by atoms with Crippen LogP contribution in [0.2, 0.25) is 0 Å². The van der Waals surface area contributed by atoms with Crippen molar-refractivity contribution >= 4 is 17.6 Å². The van der Waals surface area contributed by atoms with Crippen LogP contribution >= 0.6 is 0 Å². The summed E-state index contributed by atoms with van der Waals surface area (Å²) < 4.78 is 5.34. The van der Waals surface area contributed by atoms with Crippen molar-refractivity contribution < 1.29 is 14.3 Å². The zero-order chi connectivity index (χ0) is 21.1. The van der Waals surface area contributed by atoms with Crippen molar-refractivity contribution in [1.29, 1.82) is 0 Å². The van der Waals surface area contributed by atoms with E-state index in [1.54, 1.807) is 6.92 Å². The fraction of sp³-hybridized carbons (Fsp3) is 0.714. The van der Waals surface area contributed by atoms with E-state index < -0.39 is 0 Å². The molecule has 0 unspecified atom stereocenters. The Morgan fingerprint density at radius 1 is 1.13 bits per heavy atom. The second kappa shape index (κ2) is 9.26. The lowest BCUT2D eigenvalue weighted by Gasteiger charge is -2.31. The Labute approximate surface area is 177 Å². The largest absolute Gasteiger partial charge is 0.378 e. The van der Waals surface area contributed by atoms with E-state index in [1.807, 2.05) is 16.8 Å². The molecule has 9 heteroatoms. The molecule has 0 aliphatic carbocycles. The molecule has 1 aromatic rings. The molecule has 4 rings (SSSR count). The third kappa shape index (κ3) is 4.41. The minimum atomic E-state index is 0.0796. The van der Waals surface area contributed by atoms with Crippen molar-refractivity contribution in [2.24, 2.45) is 0 Å². The second-order valence-corrected chi connectivity index (χ2v) is 8.23. The second-order valence-electron chi connectivity index (χ2n) is 8.23. The van der Waals surface area contributed by atoms with Crippen molar-refractivity contribution in [3.63, 3.8) is 0 Å². The number of morpholine rings is 1. The monoisotopic (exact) mass is 416 g/mol. The van der Waals surface area contributed by atoms with Crippen LogP contribution in [0.1, 0.15) is 49.3 Å². The van der Waals surface area contributed by atoms with Gasteiger partial charge in [0, 0.05) is 52.1 Å². The van der Waals surface area contributed by atoms with Gasteiger partial charge in [-0.25, -0.2) is 9.97 Å². The first-order valence-corrected chi connectivity index (χ1v) is 11.0. The average Bonchev–Trinajstić information content (AvgIpc) is 3.25. The van der Waals surface area contributed by atoms with Gasteiger partial charge in [-0.1, -0.05) is 0 Å². The summed E-state index contributed by atoms with van der Waals surface area (Å²) in [5.41, 5.74) is 2.06. The average molecular weight is 417 g/mol. The first-order valence-electron chi connectivity index (χ1n) is 11.0. The SMILES string of the molecule is CNc1nc([C@@H]2CCCN2CCC(=O)N2CCOCC2)nc2c1CCN(C(C)=O)C2. The maximum atomic E-state index is 12.6. The molecule has 0 aromatic carbocycles. The van der Waals surface area contributed by atoms with Crippen LogP contribution in [-0.2, 0) is 27.3 Å². The molecule has 2 amide bonds. The Bertz CT molecular complexity index is 795. The van der Waals surface area contributed by atoms with Crippen LogP contribution in [-0.4, -0.2) is 89.5 Å². The van der Waals surface area contributed by atoms with Crippen molar-refractivity contribution in [2.75, 3.05) is 58.3 Å². The molecule has 9 nitrogen and oxygen atoms in total. The first-order chi connectivity index (χ1) is 14.6. The highest BCUT2D eigenvalue weighted by atomic mass is 16.5. The van der Waals surface area contributed by atoms with Gasteiger partial charge >= 0.3 is 0 Å². The maximum Gasteiger partial charge on any atom is 0.224 e. The minimum Gasteiger partial charge on any atom is -0.378 e. The summed E-state index contributed by atoms with van der Waals surface area (Å²) in [5.74, 6) is 1.95. The molecule has 0 spiro atoms. The van der Waals surface area contributed by atoms with E-state index in [0.29, 0.717) is 45.8 Å². The van der Waals surface area contributed by atoms with E-state index in [4.69, 9.17) is 14.7 Å². The molecule has 1 atom stereocenters. The molecule has 4 heterocycles. The quantitative estimate of drug-likeness (QED) is 0.759. The fourth-order valence-corrected chi connectivity index (χ4v) is 4.67. The van der Waals surface area contributed by atoms with Crippen LogP contribution in [0.25, 0.3) is 0 Å². The van der Waals surface area contributed by atoms with Gasteiger partial charge in [0.2, 0.25) is 11.8 Å². The molecular formula is C21H32N6O3. The predicted molar refractivity (Wildman–Crippen MR) is 112 cm³/mol. The lowest BCUT2D eigenvalue weighted by atomic mass is 10.0. The van der Waals surface area contributed by atoms with Crippen LogP contribution in [0, 0.1) is 0 Å². The Kier molecular flexibility index (Phi) is 6.48. The van der Waals surface area contributed by atoms with E-state index >= 15 is 0 Å². The summed E-state index contributed by atoms with van der Waals surface area (Å²) in [4.78, 5) is 40.2. The summed E-state index contributed by atoms with van der Waals surface area (Å²) in [7, 11) is 1.89. The summed E-state index contributed by atoms with van der Waals surface area (Å²) in [6, 6.07) is 0.118. The number of carbonyl (C=O) groups excluding carboxylic acids is 2. The fourth-order valence-electron chi connectivity index (χ4n) is 4.67.